The number of rotatable bonds is 7. The van der Waals surface area contributed by atoms with Crippen molar-refractivity contribution >= 4 is 48.0 Å². The third kappa shape index (κ3) is 6.93. The molecule has 1 aromatic carbocycles. The van der Waals surface area contributed by atoms with Crippen LogP contribution in [-0.2, 0) is 11.3 Å². The Balaban J connectivity index is 0.00000169. The Hall–Kier alpha value is -0.460. The largest absolute Gasteiger partial charge is 0.460 e. The van der Waals surface area contributed by atoms with Crippen LogP contribution in [0.5, 0.6) is 0 Å². The zero-order valence-corrected chi connectivity index (χ0v) is 17.5. The van der Waals surface area contributed by atoms with Crippen LogP contribution >= 0.6 is 48.0 Å². The molecule has 1 aliphatic rings. The molecule has 8 heteroatoms. The predicted octanol–water partition coefficient (Wildman–Crippen LogP) is 4.91. The molecule has 0 amide bonds. The van der Waals surface area contributed by atoms with Crippen LogP contribution in [-0.4, -0.2) is 44.3 Å². The molecule has 2 aromatic rings. The van der Waals surface area contributed by atoms with Crippen LogP contribution in [0.3, 0.4) is 0 Å². The number of nitrogens with zero attached hydrogens (tertiary/aromatic N) is 1. The summed E-state index contributed by atoms with van der Waals surface area (Å²) in [7, 11) is 0. The van der Waals surface area contributed by atoms with Gasteiger partial charge in [-0.15, -0.1) is 24.8 Å². The highest BCUT2D eigenvalue weighted by Crippen LogP contribution is 2.31. The molecule has 0 aliphatic carbocycles. The molecule has 0 spiro atoms. The van der Waals surface area contributed by atoms with Crippen LogP contribution in [0.15, 0.2) is 34.7 Å². The van der Waals surface area contributed by atoms with Gasteiger partial charge < -0.3 is 14.5 Å². The van der Waals surface area contributed by atoms with E-state index in [-0.39, 0.29) is 24.8 Å². The van der Waals surface area contributed by atoms with Crippen LogP contribution in [0, 0.1) is 0 Å². The van der Waals surface area contributed by atoms with Gasteiger partial charge in [-0.1, -0.05) is 23.2 Å². The summed E-state index contributed by atoms with van der Waals surface area (Å²) < 4.78 is 11.2. The zero-order chi connectivity index (χ0) is 16.8. The molecule has 1 aliphatic heterocycles. The number of furan rings is 1. The summed E-state index contributed by atoms with van der Waals surface area (Å²) in [5.41, 5.74) is 0.861. The lowest BCUT2D eigenvalue weighted by atomic mass is 10.2. The molecule has 0 radical (unpaired) electrons. The maximum absolute atomic E-state index is 6.22. The van der Waals surface area contributed by atoms with Crippen molar-refractivity contribution in [1.29, 1.82) is 0 Å². The Morgan fingerprint density at radius 1 is 1.04 bits per heavy atom. The molecule has 0 atom stereocenters. The fourth-order valence-corrected chi connectivity index (χ4v) is 3.27. The van der Waals surface area contributed by atoms with Crippen molar-refractivity contribution in [3.63, 3.8) is 0 Å². The third-order valence-corrected chi connectivity index (χ3v) is 4.64. The maximum Gasteiger partial charge on any atom is 0.135 e. The molecular weight excluding hydrogens is 418 g/mol. The molecule has 0 bridgehead atoms. The van der Waals surface area contributed by atoms with E-state index in [1.807, 2.05) is 24.3 Å². The topological polar surface area (TPSA) is 37.6 Å². The summed E-state index contributed by atoms with van der Waals surface area (Å²) in [6, 6.07) is 9.34. The fraction of sp³-hybridized carbons (Fsp3) is 0.444. The van der Waals surface area contributed by atoms with Crippen molar-refractivity contribution < 1.29 is 9.15 Å². The predicted molar refractivity (Wildman–Crippen MR) is 112 cm³/mol. The van der Waals surface area contributed by atoms with E-state index < -0.39 is 0 Å². The van der Waals surface area contributed by atoms with Crippen molar-refractivity contribution in [2.24, 2.45) is 0 Å². The van der Waals surface area contributed by atoms with Crippen LogP contribution in [0.2, 0.25) is 10.0 Å². The smallest absolute Gasteiger partial charge is 0.135 e. The molecule has 1 aromatic heterocycles. The minimum atomic E-state index is 0. The van der Waals surface area contributed by atoms with Gasteiger partial charge in [0.15, 0.2) is 0 Å². The monoisotopic (exact) mass is 440 g/mol. The van der Waals surface area contributed by atoms with Gasteiger partial charge >= 0.3 is 0 Å². The second-order valence-electron chi connectivity index (χ2n) is 5.87. The van der Waals surface area contributed by atoms with Gasteiger partial charge in [-0.05, 0) is 49.8 Å². The summed E-state index contributed by atoms with van der Waals surface area (Å²) >= 11 is 12.1. The van der Waals surface area contributed by atoms with E-state index >= 15 is 0 Å². The zero-order valence-electron chi connectivity index (χ0n) is 14.4. The molecule has 2 heterocycles. The lowest BCUT2D eigenvalue weighted by Gasteiger charge is -2.26. The lowest BCUT2D eigenvalue weighted by Crippen LogP contribution is -2.37. The van der Waals surface area contributed by atoms with Gasteiger partial charge in [-0.2, -0.15) is 0 Å². The minimum absolute atomic E-state index is 0. The third-order valence-electron chi connectivity index (χ3n) is 4.09. The highest BCUT2D eigenvalue weighted by Gasteiger charge is 2.10. The van der Waals surface area contributed by atoms with Crippen molar-refractivity contribution in [2.45, 2.75) is 13.0 Å². The standard InChI is InChI=1S/C18H22Cl2N2O2.2ClH/c19-14-2-4-16(17(20)12-14)18-5-3-15(24-18)13-21-6-1-7-22-8-10-23-11-9-22;;/h2-5,12,21H,1,6-11,13H2;2*1H. The van der Waals surface area contributed by atoms with Crippen molar-refractivity contribution in [1.82, 2.24) is 10.2 Å². The van der Waals surface area contributed by atoms with Gasteiger partial charge in [-0.3, -0.25) is 4.90 Å². The first-order chi connectivity index (χ1) is 11.7. The highest BCUT2D eigenvalue weighted by molar-refractivity contribution is 6.36. The summed E-state index contributed by atoms with van der Waals surface area (Å²) in [5, 5.41) is 4.65. The number of benzene rings is 1. The average molecular weight is 442 g/mol. The van der Waals surface area contributed by atoms with E-state index in [4.69, 9.17) is 32.4 Å². The van der Waals surface area contributed by atoms with Crippen LogP contribution in [0.4, 0.5) is 0 Å². The highest BCUT2D eigenvalue weighted by atomic mass is 35.5. The maximum atomic E-state index is 6.22. The van der Waals surface area contributed by atoms with Crippen molar-refractivity contribution in [2.75, 3.05) is 39.4 Å². The van der Waals surface area contributed by atoms with Crippen LogP contribution in [0.25, 0.3) is 11.3 Å². The quantitative estimate of drug-likeness (QED) is 0.619. The van der Waals surface area contributed by atoms with Gasteiger partial charge in [0.25, 0.3) is 0 Å². The van der Waals surface area contributed by atoms with Gasteiger partial charge in [-0.25, -0.2) is 0 Å². The van der Waals surface area contributed by atoms with E-state index in [0.29, 0.717) is 16.6 Å². The molecule has 0 saturated carbocycles. The molecule has 4 nitrogen and oxygen atoms in total. The van der Waals surface area contributed by atoms with E-state index in [1.54, 1.807) is 6.07 Å². The van der Waals surface area contributed by atoms with Gasteiger partial charge in [0.05, 0.1) is 24.8 Å². The van der Waals surface area contributed by atoms with Gasteiger partial charge in [0, 0.05) is 23.7 Å². The Morgan fingerprint density at radius 3 is 2.54 bits per heavy atom. The number of nitrogens with one attached hydrogen (secondary N) is 1. The summed E-state index contributed by atoms with van der Waals surface area (Å²) in [6.45, 7) is 6.60. The van der Waals surface area contributed by atoms with E-state index in [2.05, 4.69) is 10.2 Å². The summed E-state index contributed by atoms with van der Waals surface area (Å²) in [6.07, 6.45) is 1.12. The SMILES string of the molecule is Cl.Cl.Clc1ccc(-c2ccc(CNCCCN3CCOCC3)o2)c(Cl)c1. The minimum Gasteiger partial charge on any atom is -0.460 e. The van der Waals surface area contributed by atoms with Crippen LogP contribution < -0.4 is 5.32 Å². The van der Waals surface area contributed by atoms with E-state index in [1.165, 1.54) is 0 Å². The number of hydrogen-bond donors (Lipinski definition) is 1. The normalized spacial score (nSPS) is 14.5. The molecule has 26 heavy (non-hydrogen) atoms. The molecule has 1 N–H and O–H groups in total. The molecule has 1 saturated heterocycles. The molecule has 0 unspecified atom stereocenters. The molecular formula is C18H24Cl4N2O2. The van der Waals surface area contributed by atoms with Gasteiger partial charge in [0.2, 0.25) is 0 Å². The van der Waals surface area contributed by atoms with E-state index in [0.717, 1.165) is 62.9 Å². The van der Waals surface area contributed by atoms with Crippen molar-refractivity contribution in [3.8, 4) is 11.3 Å². The number of hydrogen-bond acceptors (Lipinski definition) is 4. The average Bonchev–Trinajstić information content (AvgIpc) is 3.04. The van der Waals surface area contributed by atoms with Crippen LogP contribution in [0.1, 0.15) is 12.2 Å². The number of morpholine rings is 1. The number of ether oxygens (including phenoxy) is 1. The summed E-state index contributed by atoms with van der Waals surface area (Å²) in [5.74, 6) is 1.67. The molecule has 146 valence electrons. The van der Waals surface area contributed by atoms with E-state index in [9.17, 15) is 0 Å². The molecule has 1 fully saturated rings. The lowest BCUT2D eigenvalue weighted by molar-refractivity contribution is 0.0374. The fourth-order valence-electron chi connectivity index (χ4n) is 2.77. The first-order valence-electron chi connectivity index (χ1n) is 8.27. The van der Waals surface area contributed by atoms with Gasteiger partial charge in [0.1, 0.15) is 11.5 Å². The Labute approximate surface area is 177 Å². The number of halogens is 4. The Kier molecular flexibility index (Phi) is 11.0. The second-order valence-corrected chi connectivity index (χ2v) is 6.72. The van der Waals surface area contributed by atoms with Crippen molar-refractivity contribution in [3.05, 3.63) is 46.1 Å². The Morgan fingerprint density at radius 2 is 1.81 bits per heavy atom. The second kappa shape index (κ2) is 12.1. The molecule has 3 rings (SSSR count). The summed E-state index contributed by atoms with van der Waals surface area (Å²) in [4.78, 5) is 2.44. The Bertz CT molecular complexity index is 660. The first-order valence-corrected chi connectivity index (χ1v) is 9.03. The first kappa shape index (κ1) is 23.6.